The van der Waals surface area contributed by atoms with E-state index in [-0.39, 0.29) is 5.91 Å². The molecule has 1 N–H and O–H groups in total. The molecule has 94 valence electrons. The number of benzene rings is 1. The number of carbonyl (C=O) groups is 2. The SMILES string of the molecule is CC(C)(C)C(=O)[O-].CNC(=O)c1ccccc1. The van der Waals surface area contributed by atoms with E-state index < -0.39 is 11.4 Å². The number of carboxylic acid groups (broad SMARTS) is 1. The fourth-order valence-electron chi connectivity index (χ4n) is 0.734. The van der Waals surface area contributed by atoms with Crippen molar-refractivity contribution in [2.24, 2.45) is 5.41 Å². The van der Waals surface area contributed by atoms with E-state index in [0.29, 0.717) is 5.56 Å². The van der Waals surface area contributed by atoms with Gasteiger partial charge in [-0.05, 0) is 12.1 Å². The lowest BCUT2D eigenvalue weighted by Gasteiger charge is -2.18. The zero-order chi connectivity index (χ0) is 13.5. The Bertz CT molecular complexity index is 366. The van der Waals surface area contributed by atoms with Gasteiger partial charge < -0.3 is 15.2 Å². The molecule has 0 radical (unpaired) electrons. The number of carboxylic acids is 1. The number of nitrogens with one attached hydrogen (secondary N) is 1. The minimum Gasteiger partial charge on any atom is -0.550 e. The van der Waals surface area contributed by atoms with Crippen LogP contribution in [-0.4, -0.2) is 18.9 Å². The van der Waals surface area contributed by atoms with E-state index in [1.165, 1.54) is 0 Å². The van der Waals surface area contributed by atoms with Crippen molar-refractivity contribution < 1.29 is 14.7 Å². The van der Waals surface area contributed by atoms with E-state index in [1.807, 2.05) is 18.2 Å². The normalized spacial score (nSPS) is 9.88. The van der Waals surface area contributed by atoms with E-state index in [4.69, 9.17) is 0 Å². The summed E-state index contributed by atoms with van der Waals surface area (Å²) in [5.41, 5.74) is 0.00463. The molecule has 0 saturated carbocycles. The molecular weight excluding hydrogens is 218 g/mol. The van der Waals surface area contributed by atoms with Gasteiger partial charge in [0.1, 0.15) is 0 Å². The molecule has 0 aliphatic carbocycles. The Balaban J connectivity index is 0.000000325. The second-order valence-corrected chi connectivity index (χ2v) is 4.48. The monoisotopic (exact) mass is 236 g/mol. The molecule has 0 unspecified atom stereocenters. The molecule has 0 aromatic heterocycles. The van der Waals surface area contributed by atoms with E-state index in [9.17, 15) is 14.7 Å². The van der Waals surface area contributed by atoms with Gasteiger partial charge in [0.2, 0.25) is 0 Å². The van der Waals surface area contributed by atoms with Gasteiger partial charge in [-0.2, -0.15) is 0 Å². The molecule has 0 spiro atoms. The van der Waals surface area contributed by atoms with Crippen LogP contribution in [0.15, 0.2) is 30.3 Å². The minimum absolute atomic E-state index is 0.0411. The van der Waals surface area contributed by atoms with Gasteiger partial charge in [0, 0.05) is 24.0 Å². The summed E-state index contributed by atoms with van der Waals surface area (Å²) >= 11 is 0. The maximum absolute atomic E-state index is 10.9. The summed E-state index contributed by atoms with van der Waals surface area (Å²) in [5, 5.41) is 12.5. The second-order valence-electron chi connectivity index (χ2n) is 4.48. The number of carbonyl (C=O) groups excluding carboxylic acids is 2. The number of rotatable bonds is 1. The smallest absolute Gasteiger partial charge is 0.251 e. The van der Waals surface area contributed by atoms with Crippen molar-refractivity contribution in [3.63, 3.8) is 0 Å². The first-order valence-corrected chi connectivity index (χ1v) is 5.27. The first kappa shape index (κ1) is 15.2. The fourth-order valence-corrected chi connectivity index (χ4v) is 0.734. The van der Waals surface area contributed by atoms with E-state index in [0.717, 1.165) is 0 Å². The summed E-state index contributed by atoms with van der Waals surface area (Å²) in [6.45, 7) is 4.80. The summed E-state index contributed by atoms with van der Waals surface area (Å²) in [6.07, 6.45) is 0. The third-order valence-corrected chi connectivity index (χ3v) is 1.88. The Morgan fingerprint density at radius 3 is 1.82 bits per heavy atom. The molecule has 0 atom stereocenters. The average molecular weight is 236 g/mol. The minimum atomic E-state index is -1.01. The van der Waals surface area contributed by atoms with Crippen molar-refractivity contribution in [1.29, 1.82) is 0 Å². The summed E-state index contributed by atoms with van der Waals surface area (Å²) in [5.74, 6) is -1.05. The summed E-state index contributed by atoms with van der Waals surface area (Å²) in [6, 6.07) is 9.11. The highest BCUT2D eigenvalue weighted by atomic mass is 16.4. The predicted octanol–water partition coefficient (Wildman–Crippen LogP) is 0.829. The molecule has 4 nitrogen and oxygen atoms in total. The Morgan fingerprint density at radius 2 is 1.53 bits per heavy atom. The first-order valence-electron chi connectivity index (χ1n) is 5.27. The molecule has 0 fully saturated rings. The largest absolute Gasteiger partial charge is 0.550 e. The van der Waals surface area contributed by atoms with Crippen LogP contribution < -0.4 is 10.4 Å². The highest BCUT2D eigenvalue weighted by Crippen LogP contribution is 2.09. The lowest BCUT2D eigenvalue weighted by atomic mass is 9.98. The van der Waals surface area contributed by atoms with Gasteiger partial charge in [0.05, 0.1) is 0 Å². The number of hydrogen-bond acceptors (Lipinski definition) is 3. The van der Waals surface area contributed by atoms with E-state index in [2.05, 4.69) is 5.32 Å². The molecule has 1 aromatic rings. The summed E-state index contributed by atoms with van der Waals surface area (Å²) < 4.78 is 0. The fraction of sp³-hybridized carbons (Fsp3) is 0.385. The molecule has 0 saturated heterocycles. The van der Waals surface area contributed by atoms with Gasteiger partial charge in [0.25, 0.3) is 5.91 Å². The van der Waals surface area contributed by atoms with Crippen LogP contribution in [0.3, 0.4) is 0 Å². The number of aliphatic carboxylic acids is 1. The Kier molecular flexibility index (Phi) is 5.96. The summed E-state index contributed by atoms with van der Waals surface area (Å²) in [4.78, 5) is 20.8. The third kappa shape index (κ3) is 6.35. The lowest BCUT2D eigenvalue weighted by molar-refractivity contribution is -0.316. The molecule has 0 aliphatic heterocycles. The number of hydrogen-bond donors (Lipinski definition) is 1. The third-order valence-electron chi connectivity index (χ3n) is 1.88. The zero-order valence-corrected chi connectivity index (χ0v) is 10.6. The summed E-state index contributed by atoms with van der Waals surface area (Å²) in [7, 11) is 1.62. The number of amides is 1. The van der Waals surface area contributed by atoms with Crippen LogP contribution in [-0.2, 0) is 4.79 Å². The van der Waals surface area contributed by atoms with Crippen molar-refractivity contribution >= 4 is 11.9 Å². The van der Waals surface area contributed by atoms with Gasteiger partial charge >= 0.3 is 0 Å². The van der Waals surface area contributed by atoms with E-state index in [1.54, 1.807) is 40.0 Å². The maximum atomic E-state index is 10.9. The van der Waals surface area contributed by atoms with Gasteiger partial charge in [-0.1, -0.05) is 39.0 Å². The van der Waals surface area contributed by atoms with Gasteiger partial charge in [0.15, 0.2) is 0 Å². The maximum Gasteiger partial charge on any atom is 0.251 e. The molecule has 1 amide bonds. The van der Waals surface area contributed by atoms with Crippen molar-refractivity contribution in [2.45, 2.75) is 20.8 Å². The van der Waals surface area contributed by atoms with Crippen LogP contribution in [0.5, 0.6) is 0 Å². The second kappa shape index (κ2) is 6.68. The van der Waals surface area contributed by atoms with Crippen LogP contribution in [0, 0.1) is 5.41 Å². The van der Waals surface area contributed by atoms with Gasteiger partial charge in [-0.3, -0.25) is 4.79 Å². The molecule has 4 heteroatoms. The molecule has 0 aliphatic rings. The van der Waals surface area contributed by atoms with Crippen molar-refractivity contribution in [2.75, 3.05) is 7.05 Å². The van der Waals surface area contributed by atoms with Crippen LogP contribution in [0.4, 0.5) is 0 Å². The van der Waals surface area contributed by atoms with Gasteiger partial charge in [-0.25, -0.2) is 0 Å². The topological polar surface area (TPSA) is 69.2 Å². The molecule has 0 bridgehead atoms. The van der Waals surface area contributed by atoms with E-state index >= 15 is 0 Å². The van der Waals surface area contributed by atoms with Crippen molar-refractivity contribution in [3.05, 3.63) is 35.9 Å². The molecule has 1 aromatic carbocycles. The van der Waals surface area contributed by atoms with Crippen LogP contribution >= 0.6 is 0 Å². The predicted molar refractivity (Wildman–Crippen MR) is 64.3 cm³/mol. The Hall–Kier alpha value is -1.84. The highest BCUT2D eigenvalue weighted by Gasteiger charge is 2.09. The molecule has 0 heterocycles. The van der Waals surface area contributed by atoms with Crippen LogP contribution in [0.2, 0.25) is 0 Å². The molecular formula is C13H18NO3-. The van der Waals surface area contributed by atoms with Crippen molar-refractivity contribution in [3.8, 4) is 0 Å². The quantitative estimate of drug-likeness (QED) is 0.785. The Labute approximate surface area is 102 Å². The average Bonchev–Trinajstić information content (AvgIpc) is 2.28. The molecule has 17 heavy (non-hydrogen) atoms. The molecule has 1 rings (SSSR count). The standard InChI is InChI=1S/C8H9NO.C5H10O2/c1-9-8(10)7-5-3-2-4-6-7;1-5(2,3)4(6)7/h2-6H,1H3,(H,9,10);1-3H3,(H,6,7)/p-1. The lowest BCUT2D eigenvalue weighted by Crippen LogP contribution is -2.35. The highest BCUT2D eigenvalue weighted by molar-refractivity contribution is 5.93. The Morgan fingerprint density at radius 1 is 1.12 bits per heavy atom. The van der Waals surface area contributed by atoms with Crippen molar-refractivity contribution in [1.82, 2.24) is 5.32 Å². The van der Waals surface area contributed by atoms with Crippen LogP contribution in [0.1, 0.15) is 31.1 Å². The zero-order valence-electron chi connectivity index (χ0n) is 10.6. The van der Waals surface area contributed by atoms with Crippen LogP contribution in [0.25, 0.3) is 0 Å². The van der Waals surface area contributed by atoms with Gasteiger partial charge in [-0.15, -0.1) is 0 Å². The first-order chi connectivity index (χ1) is 7.79.